The summed E-state index contributed by atoms with van der Waals surface area (Å²) in [6, 6.07) is 1.48. The van der Waals surface area contributed by atoms with Gasteiger partial charge in [0.05, 0.1) is 17.3 Å². The number of nitrogens with zero attached hydrogens (tertiary/aromatic N) is 1. The Hall–Kier alpha value is -2.19. The molecule has 0 unspecified atom stereocenters. The molecule has 172 valence electrons. The fraction of sp³-hybridized carbons (Fsp3) is 0.636. The summed E-state index contributed by atoms with van der Waals surface area (Å²) in [5.41, 5.74) is 6.39. The van der Waals surface area contributed by atoms with Crippen molar-refractivity contribution in [3.63, 3.8) is 0 Å². The lowest BCUT2D eigenvalue weighted by Crippen LogP contribution is -2.52. The zero-order valence-electron chi connectivity index (χ0n) is 18.9. The Labute approximate surface area is 187 Å². The minimum absolute atomic E-state index is 0.240. The van der Waals surface area contributed by atoms with E-state index in [0.717, 1.165) is 0 Å². The number of amides is 1. The predicted molar refractivity (Wildman–Crippen MR) is 117 cm³/mol. The van der Waals surface area contributed by atoms with Crippen LogP contribution in [0.15, 0.2) is 6.07 Å². The lowest BCUT2D eigenvalue weighted by Gasteiger charge is -2.37. The van der Waals surface area contributed by atoms with Gasteiger partial charge < -0.3 is 29.6 Å². The van der Waals surface area contributed by atoms with E-state index in [2.05, 4.69) is 0 Å². The van der Waals surface area contributed by atoms with Gasteiger partial charge in [-0.15, -0.1) is 0 Å². The van der Waals surface area contributed by atoms with Gasteiger partial charge >= 0.3 is 12.1 Å². The zero-order valence-corrected chi connectivity index (χ0v) is 19.7. The normalized spacial score (nSPS) is 22.5. The molecule has 2 atom stereocenters. The molecule has 9 heteroatoms. The van der Waals surface area contributed by atoms with E-state index in [1.54, 1.807) is 4.90 Å². The summed E-state index contributed by atoms with van der Waals surface area (Å²) in [7, 11) is 1.52. The van der Waals surface area contributed by atoms with Gasteiger partial charge in [-0.3, -0.25) is 0 Å². The summed E-state index contributed by atoms with van der Waals surface area (Å²) in [6.07, 6.45) is -0.472. The van der Waals surface area contributed by atoms with E-state index < -0.39 is 35.5 Å². The highest BCUT2D eigenvalue weighted by molar-refractivity contribution is 6.33. The number of hydrogen-bond donors (Lipinski definition) is 1. The Morgan fingerprint density at radius 1 is 1.29 bits per heavy atom. The number of esters is 1. The first kappa shape index (κ1) is 23.5. The smallest absolute Gasteiger partial charge is 0.410 e. The van der Waals surface area contributed by atoms with Crippen molar-refractivity contribution in [2.24, 2.45) is 0 Å². The number of rotatable bonds is 3. The third-order valence-electron chi connectivity index (χ3n) is 5.28. The number of nitrogens with two attached hydrogens (primary N) is 1. The van der Waals surface area contributed by atoms with Gasteiger partial charge in [-0.1, -0.05) is 11.6 Å². The molecule has 0 aromatic heterocycles. The van der Waals surface area contributed by atoms with Crippen molar-refractivity contribution < 1.29 is 28.5 Å². The van der Waals surface area contributed by atoms with Crippen LogP contribution in [0.5, 0.6) is 5.75 Å². The minimum atomic E-state index is -0.592. The van der Waals surface area contributed by atoms with Gasteiger partial charge in [-0.25, -0.2) is 9.59 Å². The number of hydrogen-bond acceptors (Lipinski definition) is 7. The van der Waals surface area contributed by atoms with Crippen LogP contribution in [0.2, 0.25) is 5.02 Å². The van der Waals surface area contributed by atoms with Crippen molar-refractivity contribution in [1.82, 2.24) is 4.90 Å². The van der Waals surface area contributed by atoms with Gasteiger partial charge in [0.25, 0.3) is 0 Å². The summed E-state index contributed by atoms with van der Waals surface area (Å²) >= 11 is 6.27. The van der Waals surface area contributed by atoms with Crippen LogP contribution in [0.25, 0.3) is 0 Å². The number of benzene rings is 1. The first-order valence-electron chi connectivity index (χ1n) is 10.3. The largest absolute Gasteiger partial charge is 0.486 e. The first-order valence-corrected chi connectivity index (χ1v) is 10.7. The standard InChI is InChI=1S/C22H31ClN2O6/c1-21(2,3)31-20(27)25-8-7-15(16(11-25)28-6)29-19(26)12-9-14(23)17(24)13-10-22(4,5)30-18(12)13/h9,15-16H,7-8,10-11,24H2,1-6H3/t15-,16+/m1/s1. The lowest BCUT2D eigenvalue weighted by molar-refractivity contribution is -0.0748. The molecular formula is C22H31ClN2O6. The van der Waals surface area contributed by atoms with Crippen LogP contribution in [0, 0.1) is 0 Å². The van der Waals surface area contributed by atoms with Gasteiger partial charge in [0.15, 0.2) is 0 Å². The molecular weight excluding hydrogens is 424 g/mol. The Kier molecular flexibility index (Phi) is 6.35. The van der Waals surface area contributed by atoms with Crippen LogP contribution >= 0.6 is 11.6 Å². The number of ether oxygens (including phenoxy) is 4. The van der Waals surface area contributed by atoms with Crippen molar-refractivity contribution in [2.75, 3.05) is 25.9 Å². The van der Waals surface area contributed by atoms with Crippen molar-refractivity contribution >= 4 is 29.4 Å². The molecule has 0 spiro atoms. The molecule has 2 aliphatic heterocycles. The molecule has 0 radical (unpaired) electrons. The highest BCUT2D eigenvalue weighted by Crippen LogP contribution is 2.44. The number of piperidine rings is 1. The summed E-state index contributed by atoms with van der Waals surface area (Å²) in [4.78, 5) is 27.0. The zero-order chi connectivity index (χ0) is 23.1. The maximum Gasteiger partial charge on any atom is 0.410 e. The second-order valence-electron chi connectivity index (χ2n) is 9.60. The van der Waals surface area contributed by atoms with E-state index in [9.17, 15) is 9.59 Å². The fourth-order valence-corrected chi connectivity index (χ4v) is 4.05. The van der Waals surface area contributed by atoms with Gasteiger partial charge in [-0.2, -0.15) is 0 Å². The van der Waals surface area contributed by atoms with Crippen molar-refractivity contribution in [3.05, 3.63) is 22.2 Å². The molecule has 1 aromatic carbocycles. The topological polar surface area (TPSA) is 100 Å². The monoisotopic (exact) mass is 454 g/mol. The highest BCUT2D eigenvalue weighted by atomic mass is 35.5. The molecule has 31 heavy (non-hydrogen) atoms. The molecule has 8 nitrogen and oxygen atoms in total. The Morgan fingerprint density at radius 2 is 1.97 bits per heavy atom. The Balaban J connectivity index is 1.74. The quantitative estimate of drug-likeness (QED) is 0.547. The summed E-state index contributed by atoms with van der Waals surface area (Å²) < 4.78 is 22.7. The van der Waals surface area contributed by atoms with Crippen molar-refractivity contribution in [1.29, 1.82) is 0 Å². The van der Waals surface area contributed by atoms with E-state index in [1.807, 2.05) is 34.6 Å². The average molecular weight is 455 g/mol. The van der Waals surface area contributed by atoms with Crippen LogP contribution in [-0.2, 0) is 20.6 Å². The van der Waals surface area contributed by atoms with Gasteiger partial charge in [0.2, 0.25) is 0 Å². The number of fused-ring (bicyclic) bond motifs is 1. The molecule has 0 bridgehead atoms. The molecule has 2 N–H and O–H groups in total. The van der Waals surface area contributed by atoms with Crippen LogP contribution in [-0.4, -0.2) is 60.6 Å². The highest BCUT2D eigenvalue weighted by Gasteiger charge is 2.39. The summed E-state index contributed by atoms with van der Waals surface area (Å²) in [5, 5.41) is 0.287. The summed E-state index contributed by atoms with van der Waals surface area (Å²) in [5.74, 6) is -0.148. The van der Waals surface area contributed by atoms with Crippen molar-refractivity contribution in [2.45, 2.75) is 70.9 Å². The number of methoxy groups -OCH3 is 1. The third kappa shape index (κ3) is 5.18. The molecule has 1 amide bonds. The first-order chi connectivity index (χ1) is 14.3. The SMILES string of the molecule is CO[C@H]1CN(C(=O)OC(C)(C)C)CC[C@H]1OC(=O)c1cc(Cl)c(N)c2c1OC(C)(C)C2. The molecule has 1 saturated heterocycles. The average Bonchev–Trinajstić information content (AvgIpc) is 2.99. The molecule has 0 aliphatic carbocycles. The fourth-order valence-electron chi connectivity index (χ4n) is 3.83. The number of carbonyl (C=O) groups is 2. The van der Waals surface area contributed by atoms with Crippen LogP contribution < -0.4 is 10.5 Å². The second kappa shape index (κ2) is 8.39. The molecule has 0 saturated carbocycles. The Bertz CT molecular complexity index is 880. The van der Waals surface area contributed by atoms with Gasteiger partial charge in [0.1, 0.15) is 34.7 Å². The number of likely N-dealkylation sites (tertiary alicyclic amines) is 1. The van der Waals surface area contributed by atoms with Gasteiger partial charge in [-0.05, 0) is 40.7 Å². The molecule has 1 fully saturated rings. The van der Waals surface area contributed by atoms with E-state index >= 15 is 0 Å². The molecule has 2 aliphatic rings. The van der Waals surface area contributed by atoms with Crippen LogP contribution in [0.1, 0.15) is 57.0 Å². The minimum Gasteiger partial charge on any atom is -0.486 e. The van der Waals surface area contributed by atoms with E-state index in [1.165, 1.54) is 13.2 Å². The summed E-state index contributed by atoms with van der Waals surface area (Å²) in [6.45, 7) is 9.92. The van der Waals surface area contributed by atoms with Crippen LogP contribution in [0.4, 0.5) is 10.5 Å². The Morgan fingerprint density at radius 3 is 2.58 bits per heavy atom. The maximum atomic E-state index is 13.0. The number of halogens is 1. The maximum absolute atomic E-state index is 13.0. The molecule has 3 rings (SSSR count). The number of anilines is 1. The van der Waals surface area contributed by atoms with Crippen LogP contribution in [0.3, 0.4) is 0 Å². The van der Waals surface area contributed by atoms with E-state index in [-0.39, 0.29) is 17.1 Å². The van der Waals surface area contributed by atoms with Gasteiger partial charge in [0, 0.05) is 32.1 Å². The van der Waals surface area contributed by atoms with Crippen molar-refractivity contribution in [3.8, 4) is 5.75 Å². The molecule has 1 aromatic rings. The van der Waals surface area contributed by atoms with E-state index in [4.69, 9.17) is 36.3 Å². The number of carbonyl (C=O) groups excluding carboxylic acids is 2. The van der Waals surface area contributed by atoms with E-state index in [0.29, 0.717) is 36.4 Å². The predicted octanol–water partition coefficient (Wildman–Crippen LogP) is 3.82. The number of nitrogen functional groups attached to an aromatic ring is 1. The third-order valence-corrected chi connectivity index (χ3v) is 5.60. The molecule has 2 heterocycles. The lowest BCUT2D eigenvalue weighted by atomic mass is 9.98. The second-order valence-corrected chi connectivity index (χ2v) is 10.0.